The van der Waals surface area contributed by atoms with Gasteiger partial charge in [-0.25, -0.2) is 0 Å². The molecule has 0 radical (unpaired) electrons. The maximum Gasteiger partial charge on any atom is 0.318 e. The zero-order valence-corrected chi connectivity index (χ0v) is 11.6. The van der Waals surface area contributed by atoms with Gasteiger partial charge in [-0.05, 0) is 24.4 Å². The summed E-state index contributed by atoms with van der Waals surface area (Å²) in [6, 6.07) is 9.37. The van der Waals surface area contributed by atoms with Gasteiger partial charge in [-0.2, -0.15) is 0 Å². The van der Waals surface area contributed by atoms with Crippen molar-refractivity contribution in [1.29, 1.82) is 0 Å². The van der Waals surface area contributed by atoms with Gasteiger partial charge < -0.3 is 9.72 Å². The number of hydrogen-bond acceptors (Lipinski definition) is 4. The Bertz CT molecular complexity index is 650. The summed E-state index contributed by atoms with van der Waals surface area (Å²) < 4.78 is 4.66. The number of carbonyl (C=O) groups excluding carboxylic acids is 1. The number of aromatic amines is 1. The molecule has 0 aliphatic rings. The molecule has 5 heteroatoms. The summed E-state index contributed by atoms with van der Waals surface area (Å²) in [5.74, 6) is 0.309. The smallest absolute Gasteiger partial charge is 0.318 e. The van der Waals surface area contributed by atoms with Crippen LogP contribution >= 0.6 is 11.8 Å². The molecule has 0 spiro atoms. The molecule has 0 bridgehead atoms. The molecule has 1 aromatic heterocycles. The van der Waals surface area contributed by atoms with Crippen molar-refractivity contribution in [2.45, 2.75) is 17.9 Å². The highest BCUT2D eigenvalue weighted by Crippen LogP contribution is 2.19. The van der Waals surface area contributed by atoms with Gasteiger partial charge in [-0.15, -0.1) is 11.8 Å². The predicted octanol–water partition coefficient (Wildman–Crippen LogP) is 2.32. The number of aromatic nitrogens is 1. The number of thioether (sulfide) groups is 1. The van der Waals surface area contributed by atoms with Gasteiger partial charge in [0.05, 0.1) is 12.4 Å². The molecule has 100 valence electrons. The standard InChI is InChI=1S/C14H15NO3S/c1-9(14(17)18-2)19-8-11-7-10-5-3-4-6-12(10)13(16)15-11/h3-7,9H,8H2,1-2H3,(H,15,16)/t9-/m0/s1. The lowest BCUT2D eigenvalue weighted by molar-refractivity contribution is -0.139. The van der Waals surface area contributed by atoms with Crippen LogP contribution in [0.2, 0.25) is 0 Å². The Morgan fingerprint density at radius 3 is 2.89 bits per heavy atom. The Balaban J connectivity index is 2.18. The summed E-state index contributed by atoms with van der Waals surface area (Å²) in [6.07, 6.45) is 0. The maximum atomic E-state index is 11.9. The normalized spacial score (nSPS) is 12.3. The van der Waals surface area contributed by atoms with Gasteiger partial charge in [0.1, 0.15) is 0 Å². The number of methoxy groups -OCH3 is 1. The lowest BCUT2D eigenvalue weighted by Gasteiger charge is -2.09. The molecule has 0 aliphatic heterocycles. The number of hydrogen-bond donors (Lipinski definition) is 1. The van der Waals surface area contributed by atoms with Crippen LogP contribution in [0.25, 0.3) is 10.8 Å². The van der Waals surface area contributed by atoms with Crippen molar-refractivity contribution < 1.29 is 9.53 Å². The van der Waals surface area contributed by atoms with Crippen LogP contribution in [0.4, 0.5) is 0 Å². The number of rotatable bonds is 4. The summed E-state index contributed by atoms with van der Waals surface area (Å²) in [5, 5.41) is 1.34. The first kappa shape index (κ1) is 13.7. The third-order valence-electron chi connectivity index (χ3n) is 2.83. The second kappa shape index (κ2) is 5.93. The van der Waals surface area contributed by atoms with E-state index in [0.717, 1.165) is 11.1 Å². The average Bonchev–Trinajstić information content (AvgIpc) is 2.44. The number of pyridine rings is 1. The maximum absolute atomic E-state index is 11.9. The number of esters is 1. The van der Waals surface area contributed by atoms with Gasteiger partial charge in [-0.1, -0.05) is 18.2 Å². The molecule has 1 heterocycles. The molecule has 0 amide bonds. The highest BCUT2D eigenvalue weighted by Gasteiger charge is 2.13. The van der Waals surface area contributed by atoms with Crippen molar-refractivity contribution in [2.75, 3.05) is 7.11 Å². The van der Waals surface area contributed by atoms with Gasteiger partial charge in [0.2, 0.25) is 0 Å². The van der Waals surface area contributed by atoms with Crippen LogP contribution in [-0.2, 0) is 15.3 Å². The topological polar surface area (TPSA) is 59.2 Å². The van der Waals surface area contributed by atoms with Crippen LogP contribution in [0.15, 0.2) is 35.1 Å². The third-order valence-corrected chi connectivity index (χ3v) is 4.00. The Labute approximate surface area is 115 Å². The fourth-order valence-electron chi connectivity index (χ4n) is 1.79. The summed E-state index contributed by atoms with van der Waals surface area (Å²) in [6.45, 7) is 1.79. The molecule has 2 aromatic rings. The van der Waals surface area contributed by atoms with Crippen molar-refractivity contribution in [3.63, 3.8) is 0 Å². The fourth-order valence-corrected chi connectivity index (χ4v) is 2.61. The summed E-state index contributed by atoms with van der Waals surface area (Å²) >= 11 is 1.43. The van der Waals surface area contributed by atoms with Gasteiger partial charge in [0.25, 0.3) is 5.56 Å². The number of nitrogens with one attached hydrogen (secondary N) is 1. The first-order valence-corrected chi connectivity index (χ1v) is 6.97. The first-order chi connectivity index (χ1) is 9.11. The van der Waals surface area contributed by atoms with Crippen LogP contribution in [0.1, 0.15) is 12.6 Å². The molecule has 1 N–H and O–H groups in total. The highest BCUT2D eigenvalue weighted by atomic mass is 32.2. The number of carbonyl (C=O) groups is 1. The Morgan fingerprint density at radius 2 is 2.16 bits per heavy atom. The van der Waals surface area contributed by atoms with Crippen LogP contribution in [0.5, 0.6) is 0 Å². The van der Waals surface area contributed by atoms with E-state index in [-0.39, 0.29) is 16.8 Å². The van der Waals surface area contributed by atoms with E-state index in [9.17, 15) is 9.59 Å². The molecule has 0 aliphatic carbocycles. The van der Waals surface area contributed by atoms with Crippen molar-refractivity contribution in [3.05, 3.63) is 46.4 Å². The second-order valence-electron chi connectivity index (χ2n) is 4.19. The number of H-pyrrole nitrogens is 1. The number of ether oxygens (including phenoxy) is 1. The molecule has 19 heavy (non-hydrogen) atoms. The zero-order chi connectivity index (χ0) is 13.8. The minimum atomic E-state index is -0.256. The van der Waals surface area contributed by atoms with Crippen LogP contribution in [0, 0.1) is 0 Å². The van der Waals surface area contributed by atoms with Crippen LogP contribution in [-0.4, -0.2) is 23.3 Å². The third kappa shape index (κ3) is 3.17. The minimum absolute atomic E-state index is 0.0978. The van der Waals surface area contributed by atoms with E-state index in [1.807, 2.05) is 24.3 Å². The van der Waals surface area contributed by atoms with E-state index >= 15 is 0 Å². The average molecular weight is 277 g/mol. The van der Waals surface area contributed by atoms with Crippen LogP contribution < -0.4 is 5.56 Å². The van der Waals surface area contributed by atoms with E-state index in [1.165, 1.54) is 18.9 Å². The summed E-state index contributed by atoms with van der Waals surface area (Å²) in [5.41, 5.74) is 0.712. The molecular formula is C14H15NO3S. The minimum Gasteiger partial charge on any atom is -0.468 e. The molecule has 0 fully saturated rings. The lowest BCUT2D eigenvalue weighted by Crippen LogP contribution is -2.15. The molecular weight excluding hydrogens is 262 g/mol. The highest BCUT2D eigenvalue weighted by molar-refractivity contribution is 7.99. The number of fused-ring (bicyclic) bond motifs is 1. The van der Waals surface area contributed by atoms with E-state index in [0.29, 0.717) is 11.1 Å². The molecule has 2 rings (SSSR count). The van der Waals surface area contributed by atoms with Crippen molar-refractivity contribution in [2.24, 2.45) is 0 Å². The van der Waals surface area contributed by atoms with E-state index in [1.54, 1.807) is 13.0 Å². The van der Waals surface area contributed by atoms with Crippen molar-refractivity contribution >= 4 is 28.5 Å². The fraction of sp³-hybridized carbons (Fsp3) is 0.286. The molecule has 0 saturated heterocycles. The Hall–Kier alpha value is -1.75. The lowest BCUT2D eigenvalue weighted by atomic mass is 10.1. The summed E-state index contributed by atoms with van der Waals surface area (Å²) in [4.78, 5) is 26.0. The molecule has 1 atom stereocenters. The monoisotopic (exact) mass is 277 g/mol. The predicted molar refractivity (Wildman–Crippen MR) is 77.3 cm³/mol. The SMILES string of the molecule is COC(=O)[C@H](C)SCc1cc2ccccc2c(=O)[nH]1. The molecule has 0 saturated carbocycles. The number of benzene rings is 1. The Kier molecular flexibility index (Phi) is 4.27. The Morgan fingerprint density at radius 1 is 1.42 bits per heavy atom. The van der Waals surface area contributed by atoms with Gasteiger partial charge in [0, 0.05) is 16.8 Å². The van der Waals surface area contributed by atoms with Crippen molar-refractivity contribution in [3.8, 4) is 0 Å². The molecule has 1 aromatic carbocycles. The summed E-state index contributed by atoms with van der Waals surface area (Å²) in [7, 11) is 1.37. The molecule has 0 unspecified atom stereocenters. The second-order valence-corrected chi connectivity index (χ2v) is 5.52. The van der Waals surface area contributed by atoms with Gasteiger partial charge >= 0.3 is 5.97 Å². The van der Waals surface area contributed by atoms with E-state index in [4.69, 9.17) is 0 Å². The van der Waals surface area contributed by atoms with E-state index < -0.39 is 0 Å². The van der Waals surface area contributed by atoms with Crippen LogP contribution in [0.3, 0.4) is 0 Å². The van der Waals surface area contributed by atoms with Gasteiger partial charge in [0.15, 0.2) is 0 Å². The largest absolute Gasteiger partial charge is 0.468 e. The van der Waals surface area contributed by atoms with Gasteiger partial charge in [-0.3, -0.25) is 9.59 Å². The molecule has 4 nitrogen and oxygen atoms in total. The quantitative estimate of drug-likeness (QED) is 0.871. The van der Waals surface area contributed by atoms with Crippen molar-refractivity contribution in [1.82, 2.24) is 4.98 Å². The zero-order valence-electron chi connectivity index (χ0n) is 10.8. The van der Waals surface area contributed by atoms with E-state index in [2.05, 4.69) is 9.72 Å². The first-order valence-electron chi connectivity index (χ1n) is 5.92.